The average Bonchev–Trinajstić information content (AvgIpc) is 2.58. The molecule has 1 aromatic heterocycles. The SMILES string of the molecule is COc1ncccc1C(=O)NC[C@H](CC(=O)[O-])c1ccc(Cl)cc1. The van der Waals surface area contributed by atoms with E-state index in [1.807, 2.05) is 0 Å². The summed E-state index contributed by atoms with van der Waals surface area (Å²) in [5.74, 6) is -1.81. The molecule has 1 atom stereocenters. The number of carbonyl (C=O) groups is 2. The molecule has 1 aromatic carbocycles. The number of carboxylic acids is 1. The normalized spacial score (nSPS) is 11.6. The van der Waals surface area contributed by atoms with E-state index in [1.165, 1.54) is 13.3 Å². The molecule has 1 heterocycles. The van der Waals surface area contributed by atoms with Crippen molar-refractivity contribution >= 4 is 23.5 Å². The van der Waals surface area contributed by atoms with E-state index in [0.29, 0.717) is 5.02 Å². The van der Waals surface area contributed by atoms with Gasteiger partial charge < -0.3 is 20.0 Å². The Bertz CT molecular complexity index is 719. The van der Waals surface area contributed by atoms with Crippen LogP contribution in [0, 0.1) is 0 Å². The number of amides is 1. The molecule has 0 aliphatic carbocycles. The lowest BCUT2D eigenvalue weighted by molar-refractivity contribution is -0.306. The summed E-state index contributed by atoms with van der Waals surface area (Å²) in [7, 11) is 1.42. The first-order valence-electron chi connectivity index (χ1n) is 7.23. The van der Waals surface area contributed by atoms with E-state index in [4.69, 9.17) is 16.3 Å². The van der Waals surface area contributed by atoms with Gasteiger partial charge in [-0.25, -0.2) is 4.98 Å². The average molecular weight is 348 g/mol. The van der Waals surface area contributed by atoms with Crippen molar-refractivity contribution in [1.29, 1.82) is 0 Å². The highest BCUT2D eigenvalue weighted by Gasteiger charge is 2.17. The number of rotatable bonds is 7. The number of hydrogen-bond donors (Lipinski definition) is 1. The van der Waals surface area contributed by atoms with Crippen LogP contribution in [0.15, 0.2) is 42.6 Å². The Morgan fingerprint density at radius 3 is 2.62 bits per heavy atom. The van der Waals surface area contributed by atoms with Crippen molar-refractivity contribution in [3.63, 3.8) is 0 Å². The molecular formula is C17H16ClN2O4-. The van der Waals surface area contributed by atoms with E-state index in [1.54, 1.807) is 36.4 Å². The van der Waals surface area contributed by atoms with Crippen LogP contribution in [-0.2, 0) is 4.79 Å². The van der Waals surface area contributed by atoms with Crippen molar-refractivity contribution in [3.8, 4) is 5.88 Å². The summed E-state index contributed by atoms with van der Waals surface area (Å²) >= 11 is 5.84. The van der Waals surface area contributed by atoms with Gasteiger partial charge in [0.25, 0.3) is 5.91 Å². The number of methoxy groups -OCH3 is 1. The summed E-state index contributed by atoms with van der Waals surface area (Å²) in [6.45, 7) is 0.131. The third kappa shape index (κ3) is 4.70. The first-order valence-corrected chi connectivity index (χ1v) is 7.61. The van der Waals surface area contributed by atoms with E-state index in [-0.39, 0.29) is 24.4 Å². The fraction of sp³-hybridized carbons (Fsp3) is 0.235. The number of nitrogens with zero attached hydrogens (tertiary/aromatic N) is 1. The van der Waals surface area contributed by atoms with Crippen molar-refractivity contribution in [2.24, 2.45) is 0 Å². The van der Waals surface area contributed by atoms with Crippen LogP contribution in [0.1, 0.15) is 28.3 Å². The van der Waals surface area contributed by atoms with Crippen LogP contribution >= 0.6 is 11.6 Å². The highest BCUT2D eigenvalue weighted by Crippen LogP contribution is 2.21. The molecule has 0 saturated heterocycles. The van der Waals surface area contributed by atoms with E-state index < -0.39 is 17.8 Å². The second-order valence-electron chi connectivity index (χ2n) is 5.09. The number of carbonyl (C=O) groups excluding carboxylic acids is 2. The van der Waals surface area contributed by atoms with E-state index in [2.05, 4.69) is 10.3 Å². The van der Waals surface area contributed by atoms with Gasteiger partial charge in [0, 0.05) is 29.7 Å². The second-order valence-corrected chi connectivity index (χ2v) is 5.53. The number of halogens is 1. The van der Waals surface area contributed by atoms with Gasteiger partial charge in [-0.2, -0.15) is 0 Å². The first-order chi connectivity index (χ1) is 11.5. The zero-order valence-electron chi connectivity index (χ0n) is 13.0. The van der Waals surface area contributed by atoms with E-state index in [0.717, 1.165) is 5.56 Å². The molecule has 0 saturated carbocycles. The Balaban J connectivity index is 2.11. The van der Waals surface area contributed by atoms with Crippen LogP contribution in [0.25, 0.3) is 0 Å². The molecule has 0 radical (unpaired) electrons. The van der Waals surface area contributed by atoms with E-state index in [9.17, 15) is 14.7 Å². The number of aromatic nitrogens is 1. The Morgan fingerprint density at radius 1 is 1.29 bits per heavy atom. The first kappa shape index (κ1) is 17.7. The third-order valence-corrected chi connectivity index (χ3v) is 3.72. The minimum Gasteiger partial charge on any atom is -0.550 e. The molecule has 0 aliphatic rings. The summed E-state index contributed by atoms with van der Waals surface area (Å²) in [5, 5.41) is 14.2. The van der Waals surface area contributed by atoms with E-state index >= 15 is 0 Å². The molecule has 1 N–H and O–H groups in total. The maximum atomic E-state index is 12.3. The van der Waals surface area contributed by atoms with Crippen LogP contribution in [0.5, 0.6) is 5.88 Å². The van der Waals surface area contributed by atoms with Crippen molar-refractivity contribution in [1.82, 2.24) is 10.3 Å². The van der Waals surface area contributed by atoms with Gasteiger partial charge in [0.2, 0.25) is 5.88 Å². The molecule has 7 heteroatoms. The maximum absolute atomic E-state index is 12.3. The topological polar surface area (TPSA) is 91.3 Å². The van der Waals surface area contributed by atoms with Gasteiger partial charge in [-0.15, -0.1) is 0 Å². The van der Waals surface area contributed by atoms with Crippen molar-refractivity contribution in [2.75, 3.05) is 13.7 Å². The van der Waals surface area contributed by atoms with Gasteiger partial charge in [0.1, 0.15) is 5.56 Å². The fourth-order valence-electron chi connectivity index (χ4n) is 2.28. The maximum Gasteiger partial charge on any atom is 0.256 e. The molecule has 0 bridgehead atoms. The second kappa shape index (κ2) is 8.31. The van der Waals surface area contributed by atoms with Gasteiger partial charge in [0.15, 0.2) is 0 Å². The molecule has 0 spiro atoms. The Morgan fingerprint density at radius 2 is 2.00 bits per heavy atom. The molecule has 2 aromatic rings. The molecule has 0 aliphatic heterocycles. The molecule has 24 heavy (non-hydrogen) atoms. The smallest absolute Gasteiger partial charge is 0.256 e. The predicted octanol–water partition coefficient (Wildman–Crippen LogP) is 1.40. The molecule has 0 fully saturated rings. The number of ether oxygens (including phenoxy) is 1. The predicted molar refractivity (Wildman–Crippen MR) is 86.9 cm³/mol. The van der Waals surface area contributed by atoms with Gasteiger partial charge in [0.05, 0.1) is 7.11 Å². The highest BCUT2D eigenvalue weighted by atomic mass is 35.5. The molecule has 2 rings (SSSR count). The van der Waals surface area contributed by atoms with Crippen LogP contribution in [0.2, 0.25) is 5.02 Å². The Labute approximate surface area is 144 Å². The van der Waals surface area contributed by atoms with Crippen LogP contribution < -0.4 is 15.2 Å². The van der Waals surface area contributed by atoms with Gasteiger partial charge in [-0.05, 0) is 36.2 Å². The standard InChI is InChI=1S/C17H17ClN2O4/c1-24-17-14(3-2-8-19-17)16(23)20-10-12(9-15(21)22)11-4-6-13(18)7-5-11/h2-8,12H,9-10H2,1H3,(H,20,23)(H,21,22)/p-1/t12-/m0/s1. The summed E-state index contributed by atoms with van der Waals surface area (Å²) < 4.78 is 5.04. The van der Waals surface area contributed by atoms with Crippen LogP contribution in [0.4, 0.5) is 0 Å². The number of aliphatic carboxylic acids is 1. The zero-order chi connectivity index (χ0) is 17.5. The van der Waals surface area contributed by atoms with Gasteiger partial charge >= 0.3 is 0 Å². The van der Waals surface area contributed by atoms with Gasteiger partial charge in [-0.3, -0.25) is 4.79 Å². The van der Waals surface area contributed by atoms with Crippen molar-refractivity contribution < 1.29 is 19.4 Å². The molecule has 126 valence electrons. The van der Waals surface area contributed by atoms with Crippen LogP contribution in [0.3, 0.4) is 0 Å². The minimum absolute atomic E-state index is 0.131. The number of pyridine rings is 1. The number of benzene rings is 1. The quantitative estimate of drug-likeness (QED) is 0.817. The van der Waals surface area contributed by atoms with Crippen molar-refractivity contribution in [2.45, 2.75) is 12.3 Å². The third-order valence-electron chi connectivity index (χ3n) is 3.47. The van der Waals surface area contributed by atoms with Gasteiger partial charge in [-0.1, -0.05) is 23.7 Å². The summed E-state index contributed by atoms with van der Waals surface area (Å²) in [6, 6.07) is 10.0. The monoisotopic (exact) mass is 347 g/mol. The largest absolute Gasteiger partial charge is 0.550 e. The minimum atomic E-state index is -1.19. The van der Waals surface area contributed by atoms with Crippen LogP contribution in [-0.4, -0.2) is 30.5 Å². The lowest BCUT2D eigenvalue weighted by Gasteiger charge is -2.19. The highest BCUT2D eigenvalue weighted by molar-refractivity contribution is 6.30. The summed E-state index contributed by atoms with van der Waals surface area (Å²) in [6.07, 6.45) is 1.30. The molecule has 0 unspecified atom stereocenters. The van der Waals surface area contributed by atoms with Crippen molar-refractivity contribution in [3.05, 3.63) is 58.7 Å². The fourth-order valence-corrected chi connectivity index (χ4v) is 2.41. The Kier molecular flexibility index (Phi) is 6.14. The summed E-state index contributed by atoms with van der Waals surface area (Å²) in [4.78, 5) is 27.2. The molecule has 1 amide bonds. The summed E-state index contributed by atoms with van der Waals surface area (Å²) in [5.41, 5.74) is 1.03. The lowest BCUT2D eigenvalue weighted by Crippen LogP contribution is -2.32. The molecular weight excluding hydrogens is 332 g/mol. The number of hydrogen-bond acceptors (Lipinski definition) is 5. The Hall–Kier alpha value is -2.60. The number of carboxylic acid groups (broad SMARTS) is 1. The molecule has 6 nitrogen and oxygen atoms in total. The number of nitrogens with one attached hydrogen (secondary N) is 1. The zero-order valence-corrected chi connectivity index (χ0v) is 13.7. The lowest BCUT2D eigenvalue weighted by atomic mass is 9.95.